The summed E-state index contributed by atoms with van der Waals surface area (Å²) in [5.41, 5.74) is 5.03. The van der Waals surface area contributed by atoms with Gasteiger partial charge in [-0.05, 0) is 12.1 Å². The van der Waals surface area contributed by atoms with Crippen LogP contribution in [-0.2, 0) is 0 Å². The summed E-state index contributed by atoms with van der Waals surface area (Å²) in [6.07, 6.45) is -4.52. The highest BCUT2D eigenvalue weighted by atomic mass is 32.2. The van der Waals surface area contributed by atoms with Gasteiger partial charge in [-0.2, -0.15) is 13.2 Å². The van der Waals surface area contributed by atoms with Crippen LogP contribution in [0.3, 0.4) is 0 Å². The lowest BCUT2D eigenvalue weighted by Crippen LogP contribution is -2.37. The van der Waals surface area contributed by atoms with E-state index in [9.17, 15) is 13.2 Å². The summed E-state index contributed by atoms with van der Waals surface area (Å²) in [6, 6.07) is 8.63. The fraction of sp³-hybridized carbons (Fsp3) is 0.300. The van der Waals surface area contributed by atoms with Crippen LogP contribution in [0.4, 0.5) is 13.2 Å². The van der Waals surface area contributed by atoms with Crippen molar-refractivity contribution in [2.45, 2.75) is 11.1 Å². The van der Waals surface area contributed by atoms with E-state index in [-0.39, 0.29) is 5.75 Å². The molecule has 0 aliphatic carbocycles. The number of hydrogen-bond acceptors (Lipinski definition) is 3. The molecule has 1 aromatic rings. The molecule has 3 N–H and O–H groups in total. The summed E-state index contributed by atoms with van der Waals surface area (Å²) >= 11 is 1.01. The maximum atomic E-state index is 12.6. The minimum absolute atomic E-state index is 0.316. The van der Waals surface area contributed by atoms with Crippen molar-refractivity contribution in [2.24, 2.45) is 16.8 Å². The molecular weight excluding hydrogens is 253 g/mol. The van der Waals surface area contributed by atoms with Crippen molar-refractivity contribution in [1.29, 1.82) is 0 Å². The summed E-state index contributed by atoms with van der Waals surface area (Å²) in [5, 5.41) is 10.7. The normalized spacial score (nSPS) is 14.6. The number of benzene rings is 1. The van der Waals surface area contributed by atoms with E-state index in [4.69, 9.17) is 10.9 Å². The van der Waals surface area contributed by atoms with Gasteiger partial charge in [0.05, 0.1) is 0 Å². The van der Waals surface area contributed by atoms with E-state index in [1.54, 1.807) is 30.3 Å². The second-order valence-electron chi connectivity index (χ2n) is 3.24. The van der Waals surface area contributed by atoms with Gasteiger partial charge in [-0.15, -0.1) is 11.8 Å². The van der Waals surface area contributed by atoms with Crippen LogP contribution in [0, 0.1) is 5.92 Å². The van der Waals surface area contributed by atoms with Crippen LogP contribution < -0.4 is 5.73 Å². The predicted octanol–water partition coefficient (Wildman–Crippen LogP) is 2.70. The minimum atomic E-state index is -4.52. The van der Waals surface area contributed by atoms with E-state index < -0.39 is 17.9 Å². The molecule has 0 aliphatic rings. The molecule has 1 rings (SSSR count). The van der Waals surface area contributed by atoms with Crippen molar-refractivity contribution < 1.29 is 18.4 Å². The molecule has 0 radical (unpaired) electrons. The number of nitrogens with two attached hydrogens (primary N) is 1. The van der Waals surface area contributed by atoms with Crippen molar-refractivity contribution >= 4 is 17.6 Å². The highest BCUT2D eigenvalue weighted by Crippen LogP contribution is 2.31. The number of oxime groups is 1. The molecule has 0 saturated carbocycles. The SMILES string of the molecule is N/C(=N/O)C(CSc1ccccc1)C(F)(F)F. The monoisotopic (exact) mass is 264 g/mol. The van der Waals surface area contributed by atoms with Crippen LogP contribution in [0.15, 0.2) is 40.4 Å². The average Bonchev–Trinajstić information content (AvgIpc) is 2.28. The lowest BCUT2D eigenvalue weighted by molar-refractivity contribution is -0.150. The minimum Gasteiger partial charge on any atom is -0.409 e. The van der Waals surface area contributed by atoms with Gasteiger partial charge in [0.1, 0.15) is 5.92 Å². The van der Waals surface area contributed by atoms with Crippen LogP contribution in [0.5, 0.6) is 0 Å². The third kappa shape index (κ3) is 4.18. The van der Waals surface area contributed by atoms with Crippen LogP contribution in [0.25, 0.3) is 0 Å². The molecule has 1 aromatic carbocycles. The van der Waals surface area contributed by atoms with Crippen LogP contribution in [0.1, 0.15) is 0 Å². The molecule has 94 valence electrons. The molecule has 0 bridgehead atoms. The molecule has 0 aromatic heterocycles. The van der Waals surface area contributed by atoms with Crippen LogP contribution in [0.2, 0.25) is 0 Å². The van der Waals surface area contributed by atoms with Crippen LogP contribution in [-0.4, -0.2) is 23.0 Å². The number of rotatable bonds is 4. The Balaban J connectivity index is 2.69. The molecule has 0 saturated heterocycles. The Morgan fingerprint density at radius 3 is 2.41 bits per heavy atom. The van der Waals surface area contributed by atoms with Crippen molar-refractivity contribution in [3.05, 3.63) is 30.3 Å². The number of hydrogen-bond donors (Lipinski definition) is 2. The number of thioether (sulfide) groups is 1. The van der Waals surface area contributed by atoms with Crippen molar-refractivity contribution in [2.75, 3.05) is 5.75 Å². The molecule has 0 spiro atoms. The standard InChI is InChI=1S/C10H11F3N2OS/c11-10(12,13)8(9(14)15-16)6-17-7-4-2-1-3-5-7/h1-5,8,16H,6H2,(H2,14,15). The molecule has 0 amide bonds. The molecule has 1 atom stereocenters. The zero-order valence-electron chi connectivity index (χ0n) is 8.69. The first kappa shape index (κ1) is 13.7. The first-order valence-corrected chi connectivity index (χ1v) is 5.65. The first-order chi connectivity index (χ1) is 7.95. The van der Waals surface area contributed by atoms with Gasteiger partial charge >= 0.3 is 6.18 Å². The predicted molar refractivity (Wildman–Crippen MR) is 60.1 cm³/mol. The number of amidine groups is 1. The molecular formula is C10H11F3N2OS. The van der Waals surface area contributed by atoms with Gasteiger partial charge in [0.25, 0.3) is 0 Å². The zero-order valence-corrected chi connectivity index (χ0v) is 9.50. The van der Waals surface area contributed by atoms with Crippen LogP contribution >= 0.6 is 11.8 Å². The molecule has 7 heteroatoms. The first-order valence-electron chi connectivity index (χ1n) is 4.67. The van der Waals surface area contributed by atoms with Gasteiger partial charge < -0.3 is 10.9 Å². The largest absolute Gasteiger partial charge is 0.409 e. The van der Waals surface area contributed by atoms with Crippen molar-refractivity contribution in [3.8, 4) is 0 Å². The van der Waals surface area contributed by atoms with E-state index >= 15 is 0 Å². The second-order valence-corrected chi connectivity index (χ2v) is 4.34. The van der Waals surface area contributed by atoms with Gasteiger partial charge in [0.15, 0.2) is 5.84 Å². The van der Waals surface area contributed by atoms with Gasteiger partial charge in [0, 0.05) is 10.6 Å². The lowest BCUT2D eigenvalue weighted by Gasteiger charge is -2.18. The number of nitrogens with zero attached hydrogens (tertiary/aromatic N) is 1. The maximum Gasteiger partial charge on any atom is 0.399 e. The highest BCUT2D eigenvalue weighted by molar-refractivity contribution is 7.99. The third-order valence-corrected chi connectivity index (χ3v) is 3.13. The summed E-state index contributed by atoms with van der Waals surface area (Å²) in [7, 11) is 0. The number of halogens is 3. The Bertz CT molecular complexity index is 381. The molecule has 1 unspecified atom stereocenters. The van der Waals surface area contributed by atoms with Gasteiger partial charge in [-0.25, -0.2) is 0 Å². The van der Waals surface area contributed by atoms with E-state index in [1.165, 1.54) is 0 Å². The third-order valence-electron chi connectivity index (χ3n) is 2.03. The Labute approximate surface area is 100 Å². The Morgan fingerprint density at radius 2 is 1.94 bits per heavy atom. The molecule has 0 fully saturated rings. The highest BCUT2D eigenvalue weighted by Gasteiger charge is 2.42. The molecule has 3 nitrogen and oxygen atoms in total. The quantitative estimate of drug-likeness (QED) is 0.289. The Morgan fingerprint density at radius 1 is 1.35 bits per heavy atom. The summed E-state index contributed by atoms with van der Waals surface area (Å²) in [5.74, 6) is -3.08. The van der Waals surface area contributed by atoms with E-state index in [0.29, 0.717) is 4.90 Å². The molecule has 0 aliphatic heterocycles. The summed E-state index contributed by atoms with van der Waals surface area (Å²) in [4.78, 5) is 0.701. The average molecular weight is 264 g/mol. The Hall–Kier alpha value is -1.37. The maximum absolute atomic E-state index is 12.6. The van der Waals surface area contributed by atoms with Crippen molar-refractivity contribution in [3.63, 3.8) is 0 Å². The van der Waals surface area contributed by atoms with E-state index in [1.807, 2.05) is 0 Å². The fourth-order valence-electron chi connectivity index (χ4n) is 1.11. The second kappa shape index (κ2) is 5.81. The number of alkyl halides is 3. The van der Waals surface area contributed by atoms with Gasteiger partial charge in [-0.1, -0.05) is 23.4 Å². The summed E-state index contributed by atoms with van der Waals surface area (Å²) in [6.45, 7) is 0. The molecule has 0 heterocycles. The lowest BCUT2D eigenvalue weighted by atomic mass is 10.1. The van der Waals surface area contributed by atoms with Gasteiger partial charge in [0.2, 0.25) is 0 Å². The topological polar surface area (TPSA) is 58.6 Å². The van der Waals surface area contributed by atoms with E-state index in [0.717, 1.165) is 11.8 Å². The van der Waals surface area contributed by atoms with Gasteiger partial charge in [-0.3, -0.25) is 0 Å². The fourth-order valence-corrected chi connectivity index (χ4v) is 2.18. The molecule has 17 heavy (non-hydrogen) atoms. The smallest absolute Gasteiger partial charge is 0.399 e. The zero-order chi connectivity index (χ0) is 12.9. The Kier molecular flexibility index (Phi) is 4.68. The van der Waals surface area contributed by atoms with Crippen molar-refractivity contribution in [1.82, 2.24) is 0 Å². The van der Waals surface area contributed by atoms with E-state index in [2.05, 4.69) is 5.16 Å². The summed E-state index contributed by atoms with van der Waals surface area (Å²) < 4.78 is 37.7.